The number of aromatic nitrogens is 1. The SMILES string of the molecule is Cc1ccc(N(C)C)c2ccc(=O)[nH]c12. The fourth-order valence-corrected chi connectivity index (χ4v) is 1.77. The van der Waals surface area contributed by atoms with E-state index in [-0.39, 0.29) is 5.56 Å². The van der Waals surface area contributed by atoms with Gasteiger partial charge in [-0.05, 0) is 24.6 Å². The molecule has 0 fully saturated rings. The van der Waals surface area contributed by atoms with E-state index in [4.69, 9.17) is 0 Å². The topological polar surface area (TPSA) is 36.1 Å². The molecule has 1 N–H and O–H groups in total. The lowest BCUT2D eigenvalue weighted by molar-refractivity contribution is 1.14. The van der Waals surface area contributed by atoms with Crippen LogP contribution < -0.4 is 10.5 Å². The number of aryl methyl sites for hydroxylation is 1. The van der Waals surface area contributed by atoms with Gasteiger partial charge in [-0.15, -0.1) is 0 Å². The highest BCUT2D eigenvalue weighted by atomic mass is 16.1. The zero-order valence-corrected chi connectivity index (χ0v) is 9.16. The van der Waals surface area contributed by atoms with Crippen LogP contribution in [0.25, 0.3) is 10.9 Å². The van der Waals surface area contributed by atoms with Crippen molar-refractivity contribution >= 4 is 16.6 Å². The first kappa shape index (κ1) is 9.77. The van der Waals surface area contributed by atoms with Gasteiger partial charge in [0.25, 0.3) is 0 Å². The molecule has 78 valence electrons. The lowest BCUT2D eigenvalue weighted by Crippen LogP contribution is -2.11. The molecule has 1 aromatic carbocycles. The number of benzene rings is 1. The summed E-state index contributed by atoms with van der Waals surface area (Å²) in [5.41, 5.74) is 3.08. The quantitative estimate of drug-likeness (QED) is 0.766. The van der Waals surface area contributed by atoms with E-state index in [2.05, 4.69) is 11.1 Å². The third-order valence-electron chi connectivity index (χ3n) is 2.56. The van der Waals surface area contributed by atoms with E-state index in [0.717, 1.165) is 22.2 Å². The van der Waals surface area contributed by atoms with Gasteiger partial charge < -0.3 is 9.88 Å². The van der Waals surface area contributed by atoms with Crippen LogP contribution in [0.3, 0.4) is 0 Å². The van der Waals surface area contributed by atoms with Gasteiger partial charge in [0.2, 0.25) is 5.56 Å². The van der Waals surface area contributed by atoms with Crippen LogP contribution in [0.1, 0.15) is 5.56 Å². The average molecular weight is 202 g/mol. The number of pyridine rings is 1. The molecular formula is C12H14N2O. The molecule has 0 saturated heterocycles. The van der Waals surface area contributed by atoms with Gasteiger partial charge in [0, 0.05) is 31.2 Å². The Kier molecular flexibility index (Phi) is 2.23. The van der Waals surface area contributed by atoms with Gasteiger partial charge in [-0.2, -0.15) is 0 Å². The molecule has 0 bridgehead atoms. The molecule has 2 aromatic rings. The summed E-state index contributed by atoms with van der Waals surface area (Å²) < 4.78 is 0. The first-order chi connectivity index (χ1) is 7.09. The Morgan fingerprint density at radius 1 is 1.13 bits per heavy atom. The van der Waals surface area contributed by atoms with Gasteiger partial charge in [-0.1, -0.05) is 6.07 Å². The van der Waals surface area contributed by atoms with Gasteiger partial charge >= 0.3 is 0 Å². The third kappa shape index (κ3) is 1.61. The van der Waals surface area contributed by atoms with Crippen molar-refractivity contribution in [1.82, 2.24) is 4.98 Å². The number of H-pyrrole nitrogens is 1. The van der Waals surface area contributed by atoms with E-state index in [0.29, 0.717) is 0 Å². The molecule has 0 atom stereocenters. The number of anilines is 1. The summed E-state index contributed by atoms with van der Waals surface area (Å²) in [5, 5.41) is 1.08. The molecular weight excluding hydrogens is 188 g/mol. The molecule has 3 nitrogen and oxygen atoms in total. The number of nitrogens with one attached hydrogen (secondary N) is 1. The largest absolute Gasteiger partial charge is 0.377 e. The fraction of sp³-hybridized carbons (Fsp3) is 0.250. The normalized spacial score (nSPS) is 10.6. The number of nitrogens with zero attached hydrogens (tertiary/aromatic N) is 1. The van der Waals surface area contributed by atoms with Crippen LogP contribution in [-0.2, 0) is 0 Å². The van der Waals surface area contributed by atoms with Crippen molar-refractivity contribution in [3.63, 3.8) is 0 Å². The molecule has 0 spiro atoms. The van der Waals surface area contributed by atoms with Crippen molar-refractivity contribution in [2.24, 2.45) is 0 Å². The van der Waals surface area contributed by atoms with Gasteiger partial charge in [0.1, 0.15) is 0 Å². The van der Waals surface area contributed by atoms with Crippen LogP contribution in [0.15, 0.2) is 29.1 Å². The van der Waals surface area contributed by atoms with E-state index in [1.54, 1.807) is 6.07 Å². The molecule has 0 aliphatic heterocycles. The van der Waals surface area contributed by atoms with Crippen molar-refractivity contribution < 1.29 is 0 Å². The van der Waals surface area contributed by atoms with Crippen LogP contribution in [0, 0.1) is 6.92 Å². The van der Waals surface area contributed by atoms with E-state index in [1.165, 1.54) is 0 Å². The highest BCUT2D eigenvalue weighted by molar-refractivity contribution is 5.93. The predicted molar refractivity (Wildman–Crippen MR) is 63.6 cm³/mol. The molecule has 0 radical (unpaired) electrons. The summed E-state index contributed by atoms with van der Waals surface area (Å²) in [5.74, 6) is 0. The molecule has 0 aliphatic carbocycles. The molecule has 0 saturated carbocycles. The molecule has 0 aliphatic rings. The monoisotopic (exact) mass is 202 g/mol. The molecule has 0 amide bonds. The molecule has 2 rings (SSSR count). The summed E-state index contributed by atoms with van der Waals surface area (Å²) in [4.78, 5) is 16.2. The minimum absolute atomic E-state index is 0.0542. The first-order valence-corrected chi connectivity index (χ1v) is 4.89. The number of aromatic amines is 1. The highest BCUT2D eigenvalue weighted by Crippen LogP contribution is 2.25. The average Bonchev–Trinajstić information content (AvgIpc) is 2.19. The summed E-state index contributed by atoms with van der Waals surface area (Å²) in [6.07, 6.45) is 0. The van der Waals surface area contributed by atoms with Crippen molar-refractivity contribution in [2.75, 3.05) is 19.0 Å². The van der Waals surface area contributed by atoms with Crippen molar-refractivity contribution in [3.8, 4) is 0 Å². The van der Waals surface area contributed by atoms with E-state index in [1.807, 2.05) is 38.1 Å². The zero-order chi connectivity index (χ0) is 11.0. The Balaban J connectivity index is 2.88. The third-order valence-corrected chi connectivity index (χ3v) is 2.56. The predicted octanol–water partition coefficient (Wildman–Crippen LogP) is 1.90. The van der Waals surface area contributed by atoms with Gasteiger partial charge in [-0.3, -0.25) is 4.79 Å². The second kappa shape index (κ2) is 3.42. The maximum Gasteiger partial charge on any atom is 0.248 e. The van der Waals surface area contributed by atoms with E-state index < -0.39 is 0 Å². The molecule has 3 heteroatoms. The van der Waals surface area contributed by atoms with Gasteiger partial charge in [-0.25, -0.2) is 0 Å². The minimum Gasteiger partial charge on any atom is -0.377 e. The van der Waals surface area contributed by atoms with Crippen LogP contribution in [0.4, 0.5) is 5.69 Å². The zero-order valence-electron chi connectivity index (χ0n) is 9.16. The van der Waals surface area contributed by atoms with Crippen molar-refractivity contribution in [2.45, 2.75) is 6.92 Å². The Labute approximate surface area is 88.3 Å². The minimum atomic E-state index is -0.0542. The molecule has 0 unspecified atom stereocenters. The molecule has 1 aromatic heterocycles. The maximum absolute atomic E-state index is 11.2. The summed E-state index contributed by atoms with van der Waals surface area (Å²) in [7, 11) is 3.99. The maximum atomic E-state index is 11.2. The first-order valence-electron chi connectivity index (χ1n) is 4.89. The lowest BCUT2D eigenvalue weighted by atomic mass is 10.1. The lowest BCUT2D eigenvalue weighted by Gasteiger charge is -2.16. The van der Waals surface area contributed by atoms with E-state index >= 15 is 0 Å². The van der Waals surface area contributed by atoms with Crippen LogP contribution in [0.2, 0.25) is 0 Å². The summed E-state index contributed by atoms with van der Waals surface area (Å²) in [6.45, 7) is 2.00. The molecule has 1 heterocycles. The second-order valence-corrected chi connectivity index (χ2v) is 3.91. The van der Waals surface area contributed by atoms with Gasteiger partial charge in [0.05, 0.1) is 5.52 Å². The number of fused-ring (bicyclic) bond motifs is 1. The number of hydrogen-bond donors (Lipinski definition) is 1. The summed E-state index contributed by atoms with van der Waals surface area (Å²) in [6, 6.07) is 7.52. The van der Waals surface area contributed by atoms with Crippen LogP contribution >= 0.6 is 0 Å². The highest BCUT2D eigenvalue weighted by Gasteiger charge is 2.05. The Bertz CT molecular complexity index is 555. The fourth-order valence-electron chi connectivity index (χ4n) is 1.77. The number of hydrogen-bond acceptors (Lipinski definition) is 2. The van der Waals surface area contributed by atoms with Crippen molar-refractivity contribution in [1.29, 1.82) is 0 Å². The van der Waals surface area contributed by atoms with Crippen LogP contribution in [-0.4, -0.2) is 19.1 Å². The van der Waals surface area contributed by atoms with Gasteiger partial charge in [0.15, 0.2) is 0 Å². The van der Waals surface area contributed by atoms with E-state index in [9.17, 15) is 4.79 Å². The standard InChI is InChI=1S/C12H14N2O/c1-8-4-6-10(14(2)3)9-5-7-11(15)13-12(8)9/h4-7H,1-3H3,(H,13,15). The molecule has 15 heavy (non-hydrogen) atoms. The van der Waals surface area contributed by atoms with Crippen molar-refractivity contribution in [3.05, 3.63) is 40.2 Å². The Hall–Kier alpha value is -1.77. The van der Waals surface area contributed by atoms with Crippen LogP contribution in [0.5, 0.6) is 0 Å². The number of rotatable bonds is 1. The second-order valence-electron chi connectivity index (χ2n) is 3.91. The Morgan fingerprint density at radius 3 is 2.53 bits per heavy atom. The smallest absolute Gasteiger partial charge is 0.248 e. The Morgan fingerprint density at radius 2 is 1.87 bits per heavy atom. The summed E-state index contributed by atoms with van der Waals surface area (Å²) >= 11 is 0.